The Bertz CT molecular complexity index is 696. The minimum absolute atomic E-state index is 0.0472. The average molecular weight is 343 g/mol. The van der Waals surface area contributed by atoms with Crippen LogP contribution in [-0.2, 0) is 10.3 Å². The summed E-state index contributed by atoms with van der Waals surface area (Å²) in [6, 6.07) is 2.41. The van der Waals surface area contributed by atoms with Gasteiger partial charge in [-0.3, -0.25) is 0 Å². The Morgan fingerprint density at radius 3 is 1.96 bits per heavy atom. The topological polar surface area (TPSA) is 9.23 Å². The summed E-state index contributed by atoms with van der Waals surface area (Å²) in [6.07, 6.45) is 3.61. The highest BCUT2D eigenvalue weighted by Gasteiger charge is 2.58. The van der Waals surface area contributed by atoms with E-state index in [2.05, 4.69) is 75.3 Å². The third-order valence-corrected chi connectivity index (χ3v) is 7.59. The molecule has 1 heteroatoms. The van der Waals surface area contributed by atoms with E-state index < -0.39 is 0 Å². The molecule has 1 aliphatic carbocycles. The summed E-state index contributed by atoms with van der Waals surface area (Å²) in [7, 11) is 0. The summed E-state index contributed by atoms with van der Waals surface area (Å²) in [4.78, 5) is 0. The minimum Gasteiger partial charge on any atom is -0.364 e. The first kappa shape index (κ1) is 19.0. The first-order valence-electron chi connectivity index (χ1n) is 10.1. The van der Waals surface area contributed by atoms with Gasteiger partial charge in [0.05, 0.1) is 11.2 Å². The van der Waals surface area contributed by atoms with Crippen LogP contribution in [0.3, 0.4) is 0 Å². The van der Waals surface area contributed by atoms with Gasteiger partial charge in [-0.2, -0.15) is 0 Å². The molecule has 1 unspecified atom stereocenters. The Balaban J connectivity index is 2.45. The fourth-order valence-electron chi connectivity index (χ4n) is 5.81. The zero-order valence-electron chi connectivity index (χ0n) is 18.2. The number of hydrogen-bond acceptors (Lipinski definition) is 1. The van der Waals surface area contributed by atoms with E-state index in [0.717, 1.165) is 0 Å². The van der Waals surface area contributed by atoms with Gasteiger partial charge in [0, 0.05) is 5.41 Å². The Labute approximate surface area is 155 Å². The minimum atomic E-state index is -0.169. The van der Waals surface area contributed by atoms with Crippen LogP contribution in [0.5, 0.6) is 0 Å². The molecular formula is C24H38O. The van der Waals surface area contributed by atoms with Crippen molar-refractivity contribution < 1.29 is 4.74 Å². The van der Waals surface area contributed by atoms with Crippen molar-refractivity contribution in [1.29, 1.82) is 0 Å². The fraction of sp³-hybridized carbons (Fsp3) is 0.750. The second-order valence-corrected chi connectivity index (χ2v) is 10.9. The van der Waals surface area contributed by atoms with Crippen molar-refractivity contribution in [2.24, 2.45) is 10.8 Å². The van der Waals surface area contributed by atoms with Gasteiger partial charge in [-0.05, 0) is 93.0 Å². The van der Waals surface area contributed by atoms with Crippen LogP contribution in [0.25, 0.3) is 0 Å². The number of aryl methyl sites for hydroxylation is 2. The van der Waals surface area contributed by atoms with E-state index in [4.69, 9.17) is 4.74 Å². The van der Waals surface area contributed by atoms with Gasteiger partial charge < -0.3 is 4.74 Å². The molecule has 1 fully saturated rings. The molecule has 0 aromatic heterocycles. The summed E-state index contributed by atoms with van der Waals surface area (Å²) in [5.74, 6) is 0.462. The number of hydrogen-bond donors (Lipinski definition) is 0. The van der Waals surface area contributed by atoms with Gasteiger partial charge in [0.2, 0.25) is 0 Å². The van der Waals surface area contributed by atoms with Gasteiger partial charge in [0.1, 0.15) is 0 Å². The van der Waals surface area contributed by atoms with Crippen LogP contribution < -0.4 is 0 Å². The zero-order valence-corrected chi connectivity index (χ0v) is 18.2. The van der Waals surface area contributed by atoms with Crippen molar-refractivity contribution in [2.75, 3.05) is 0 Å². The summed E-state index contributed by atoms with van der Waals surface area (Å²) >= 11 is 0. The maximum absolute atomic E-state index is 7.08. The molecule has 1 aliphatic heterocycles. The number of ether oxygens (including phenoxy) is 1. The van der Waals surface area contributed by atoms with Gasteiger partial charge in [0.15, 0.2) is 0 Å². The van der Waals surface area contributed by atoms with E-state index >= 15 is 0 Å². The highest BCUT2D eigenvalue weighted by molar-refractivity contribution is 5.52. The summed E-state index contributed by atoms with van der Waals surface area (Å²) in [5, 5.41) is 0. The molecule has 0 bridgehead atoms. The van der Waals surface area contributed by atoms with Crippen LogP contribution in [0.1, 0.15) is 101 Å². The van der Waals surface area contributed by atoms with Crippen molar-refractivity contribution >= 4 is 0 Å². The summed E-state index contributed by atoms with van der Waals surface area (Å²) in [5.41, 5.74) is 7.44. The Morgan fingerprint density at radius 2 is 1.52 bits per heavy atom. The maximum atomic E-state index is 7.08. The largest absolute Gasteiger partial charge is 0.364 e. The predicted molar refractivity (Wildman–Crippen MR) is 107 cm³/mol. The number of rotatable bonds is 0. The van der Waals surface area contributed by atoms with Gasteiger partial charge in [-0.25, -0.2) is 0 Å². The molecule has 1 saturated carbocycles. The molecule has 1 atom stereocenters. The third kappa shape index (κ3) is 2.52. The lowest BCUT2D eigenvalue weighted by Crippen LogP contribution is -2.51. The van der Waals surface area contributed by atoms with Crippen LogP contribution in [-0.4, -0.2) is 5.60 Å². The van der Waals surface area contributed by atoms with Gasteiger partial charge >= 0.3 is 0 Å². The van der Waals surface area contributed by atoms with E-state index in [1.165, 1.54) is 41.5 Å². The first-order valence-corrected chi connectivity index (χ1v) is 10.1. The monoisotopic (exact) mass is 342 g/mol. The highest BCUT2D eigenvalue weighted by atomic mass is 16.5. The zero-order chi connectivity index (χ0) is 19.0. The van der Waals surface area contributed by atoms with Crippen LogP contribution in [0.15, 0.2) is 6.07 Å². The molecule has 3 rings (SSSR count). The smallest absolute Gasteiger partial charge is 0.0944 e. The molecular weight excluding hydrogens is 304 g/mol. The Hall–Kier alpha value is -0.820. The van der Waals surface area contributed by atoms with E-state index in [0.29, 0.717) is 5.92 Å². The molecule has 25 heavy (non-hydrogen) atoms. The molecule has 140 valence electrons. The van der Waals surface area contributed by atoms with Crippen molar-refractivity contribution in [2.45, 2.75) is 106 Å². The SMILES string of the molecule is Cc1cc(C)c2c(c1C)C1(CCC1)OC(C)(C)C(C)(C)C2C(C)(C)C. The lowest BCUT2D eigenvalue weighted by molar-refractivity contribution is -0.224. The van der Waals surface area contributed by atoms with Crippen molar-refractivity contribution in [3.63, 3.8) is 0 Å². The first-order chi connectivity index (χ1) is 11.2. The van der Waals surface area contributed by atoms with Crippen LogP contribution in [0.4, 0.5) is 0 Å². The van der Waals surface area contributed by atoms with Gasteiger partial charge in [0.25, 0.3) is 0 Å². The quantitative estimate of drug-likeness (QED) is 0.495. The summed E-state index contributed by atoms with van der Waals surface area (Å²) in [6.45, 7) is 23.7. The molecule has 1 heterocycles. The molecule has 1 aromatic rings. The fourth-order valence-corrected chi connectivity index (χ4v) is 5.81. The normalized spacial score (nSPS) is 26.7. The molecule has 0 amide bonds. The Morgan fingerprint density at radius 1 is 0.960 bits per heavy atom. The molecule has 1 spiro atoms. The van der Waals surface area contributed by atoms with E-state index in [9.17, 15) is 0 Å². The second kappa shape index (κ2) is 5.35. The standard InChI is InChI=1S/C24H38O/c1-15-14-16(2)18-19(17(15)3)24(12-11-13-24)25-23(9,10)22(7,8)20(18)21(4,5)6/h14,20H,11-13H2,1-10H3. The van der Waals surface area contributed by atoms with Crippen LogP contribution in [0.2, 0.25) is 0 Å². The third-order valence-electron chi connectivity index (χ3n) is 7.59. The molecule has 0 radical (unpaired) electrons. The van der Waals surface area contributed by atoms with E-state index in [-0.39, 0.29) is 22.0 Å². The maximum Gasteiger partial charge on any atom is 0.0944 e. The predicted octanol–water partition coefficient (Wildman–Crippen LogP) is 6.96. The lowest BCUT2D eigenvalue weighted by atomic mass is 9.56. The van der Waals surface area contributed by atoms with E-state index in [1.807, 2.05) is 0 Å². The lowest BCUT2D eigenvalue weighted by Gasteiger charge is -2.52. The molecule has 2 aliphatic rings. The molecule has 1 aromatic carbocycles. The highest BCUT2D eigenvalue weighted by Crippen LogP contribution is 2.63. The molecule has 0 saturated heterocycles. The summed E-state index contributed by atoms with van der Waals surface area (Å²) < 4.78 is 7.08. The van der Waals surface area contributed by atoms with E-state index in [1.54, 1.807) is 5.56 Å². The number of fused-ring (bicyclic) bond motifs is 2. The van der Waals surface area contributed by atoms with Crippen molar-refractivity contribution in [3.05, 3.63) is 33.9 Å². The number of benzene rings is 1. The molecule has 1 nitrogen and oxygen atoms in total. The average Bonchev–Trinajstić information content (AvgIpc) is 2.45. The van der Waals surface area contributed by atoms with Crippen LogP contribution >= 0.6 is 0 Å². The second-order valence-electron chi connectivity index (χ2n) is 10.9. The van der Waals surface area contributed by atoms with Crippen molar-refractivity contribution in [1.82, 2.24) is 0 Å². The van der Waals surface area contributed by atoms with Gasteiger partial charge in [-0.15, -0.1) is 0 Å². The van der Waals surface area contributed by atoms with Crippen molar-refractivity contribution in [3.8, 4) is 0 Å². The van der Waals surface area contributed by atoms with Gasteiger partial charge in [-0.1, -0.05) is 40.7 Å². The Kier molecular flexibility index (Phi) is 4.05. The van der Waals surface area contributed by atoms with Crippen LogP contribution in [0, 0.1) is 31.6 Å². The molecule has 0 N–H and O–H groups in total.